The van der Waals surface area contributed by atoms with Crippen LogP contribution in [0.2, 0.25) is 0 Å². The van der Waals surface area contributed by atoms with Crippen LogP contribution >= 0.6 is 0 Å². The van der Waals surface area contributed by atoms with Gasteiger partial charge in [0, 0.05) is 28.5 Å². The first-order valence-electron chi connectivity index (χ1n) is 17.2. The number of rotatable bonds is 5. The normalized spacial score (nSPS) is 14.9. The third-order valence-electron chi connectivity index (χ3n) is 9.89. The van der Waals surface area contributed by atoms with E-state index in [2.05, 4.69) is 140 Å². The molecule has 240 valence electrons. The lowest BCUT2D eigenvalue weighted by Gasteiger charge is -2.15. The Morgan fingerprint density at radius 2 is 1.42 bits per heavy atom. The highest BCUT2D eigenvalue weighted by atomic mass is 16.3. The highest BCUT2D eigenvalue weighted by Gasteiger charge is 2.24. The monoisotopic (exact) mass is 645 g/mol. The van der Waals surface area contributed by atoms with Gasteiger partial charge in [-0.2, -0.15) is 0 Å². The molecule has 0 aliphatic heterocycles. The lowest BCUT2D eigenvalue weighted by Crippen LogP contribution is -2.18. The molecule has 4 heteroatoms. The zero-order valence-electron chi connectivity index (χ0n) is 27.8. The second kappa shape index (κ2) is 12.3. The van der Waals surface area contributed by atoms with Crippen LogP contribution in [-0.4, -0.2) is 11.7 Å². The molecule has 0 spiro atoms. The van der Waals surface area contributed by atoms with Crippen molar-refractivity contribution in [3.63, 3.8) is 0 Å². The minimum atomic E-state index is 0.397. The Morgan fingerprint density at radius 3 is 2.26 bits per heavy atom. The summed E-state index contributed by atoms with van der Waals surface area (Å²) >= 11 is 0. The van der Waals surface area contributed by atoms with Gasteiger partial charge >= 0.3 is 0 Å². The van der Waals surface area contributed by atoms with Crippen molar-refractivity contribution in [3.05, 3.63) is 174 Å². The first-order valence-corrected chi connectivity index (χ1v) is 17.2. The number of fused-ring (bicyclic) bond motifs is 7. The number of hydrogen-bond acceptors (Lipinski definition) is 2. The maximum Gasteiger partial charge on any atom is 0.157 e. The van der Waals surface area contributed by atoms with Crippen molar-refractivity contribution in [2.45, 2.75) is 19.9 Å². The fourth-order valence-electron chi connectivity index (χ4n) is 7.41. The Kier molecular flexibility index (Phi) is 7.35. The van der Waals surface area contributed by atoms with Crippen LogP contribution in [-0.2, 0) is 13.0 Å². The molecule has 7 aromatic carbocycles. The molecular formula is C46H35N3O. The van der Waals surface area contributed by atoms with E-state index in [1.807, 2.05) is 18.2 Å². The van der Waals surface area contributed by atoms with Gasteiger partial charge in [0.25, 0.3) is 0 Å². The van der Waals surface area contributed by atoms with Crippen LogP contribution < -0.4 is 5.73 Å². The highest BCUT2D eigenvalue weighted by molar-refractivity contribution is 6.22. The third-order valence-corrected chi connectivity index (χ3v) is 9.89. The zero-order valence-corrected chi connectivity index (χ0v) is 27.8. The summed E-state index contributed by atoms with van der Waals surface area (Å²) in [7, 11) is 0. The maximum absolute atomic E-state index is 7.28. The van der Waals surface area contributed by atoms with Crippen LogP contribution in [0.3, 0.4) is 0 Å². The van der Waals surface area contributed by atoms with Crippen molar-refractivity contribution in [3.8, 4) is 11.1 Å². The van der Waals surface area contributed by atoms with Crippen LogP contribution in [0, 0.1) is 5.92 Å². The highest BCUT2D eigenvalue weighted by Crippen LogP contribution is 2.40. The Hall–Kier alpha value is -6.26. The van der Waals surface area contributed by atoms with Crippen molar-refractivity contribution in [2.24, 2.45) is 21.6 Å². The van der Waals surface area contributed by atoms with E-state index in [1.54, 1.807) is 0 Å². The van der Waals surface area contributed by atoms with E-state index >= 15 is 0 Å². The van der Waals surface area contributed by atoms with Gasteiger partial charge in [0.1, 0.15) is 17.2 Å². The molecule has 1 aromatic heterocycles. The molecule has 0 saturated carbocycles. The molecule has 4 nitrogen and oxygen atoms in total. The van der Waals surface area contributed by atoms with Crippen molar-refractivity contribution in [2.75, 3.05) is 0 Å². The lowest BCUT2D eigenvalue weighted by atomic mass is 9.89. The molecule has 2 N–H and O–H groups in total. The average Bonchev–Trinajstić information content (AvgIpc) is 3.53. The number of nitrogens with two attached hydrogens (primary N) is 1. The summed E-state index contributed by atoms with van der Waals surface area (Å²) in [6, 6.07) is 48.7. The van der Waals surface area contributed by atoms with E-state index < -0.39 is 0 Å². The third kappa shape index (κ3) is 5.26. The molecule has 1 unspecified atom stereocenters. The standard InChI is InChI=1S/C46H35N3O/c1-29-18-23-39-42(26-29)50-41-25-24-37(34-22-21-33-20-19-32-13-6-8-16-36(32)40(33)27-34)44(43(39)41)45(47)49-46(48-28-30-10-3-2-4-11-30)38-17-9-14-31-12-5-7-15-35(31)38/h2-25,27,29H,26,28H2,1H3,(H2,47,48,49). The number of furan rings is 1. The molecule has 0 radical (unpaired) electrons. The summed E-state index contributed by atoms with van der Waals surface area (Å²) in [5, 5.41) is 8.02. The molecule has 1 atom stereocenters. The van der Waals surface area contributed by atoms with Crippen LogP contribution in [0.15, 0.2) is 160 Å². The summed E-state index contributed by atoms with van der Waals surface area (Å²) < 4.78 is 6.53. The van der Waals surface area contributed by atoms with Crippen LogP contribution in [0.5, 0.6) is 0 Å². The number of hydrogen-bond donors (Lipinski definition) is 1. The fourth-order valence-corrected chi connectivity index (χ4v) is 7.41. The largest absolute Gasteiger partial charge is 0.460 e. The first kappa shape index (κ1) is 29.8. The molecule has 0 fully saturated rings. The fraction of sp³-hybridized carbons (Fsp3) is 0.0870. The van der Waals surface area contributed by atoms with E-state index in [9.17, 15) is 0 Å². The second-order valence-electron chi connectivity index (χ2n) is 13.2. The van der Waals surface area contributed by atoms with Gasteiger partial charge in [-0.15, -0.1) is 0 Å². The summed E-state index contributed by atoms with van der Waals surface area (Å²) in [5.41, 5.74) is 14.1. The summed E-state index contributed by atoms with van der Waals surface area (Å²) in [6.45, 7) is 2.70. The van der Waals surface area contributed by atoms with Gasteiger partial charge in [0.15, 0.2) is 5.84 Å². The predicted octanol–water partition coefficient (Wildman–Crippen LogP) is 11.1. The van der Waals surface area contributed by atoms with Gasteiger partial charge in [-0.1, -0.05) is 140 Å². The van der Waals surface area contributed by atoms with Crippen molar-refractivity contribution in [1.82, 2.24) is 0 Å². The first-order chi connectivity index (χ1) is 24.6. The van der Waals surface area contributed by atoms with E-state index in [1.165, 1.54) is 21.5 Å². The van der Waals surface area contributed by atoms with Crippen molar-refractivity contribution < 1.29 is 4.42 Å². The lowest BCUT2D eigenvalue weighted by molar-refractivity contribution is 0.513. The minimum Gasteiger partial charge on any atom is -0.460 e. The Labute approximate surface area is 290 Å². The van der Waals surface area contributed by atoms with E-state index in [0.717, 1.165) is 67.3 Å². The topological polar surface area (TPSA) is 63.9 Å². The molecule has 9 rings (SSSR count). The molecule has 0 saturated heterocycles. The molecule has 8 aromatic rings. The molecule has 1 aliphatic rings. The average molecular weight is 646 g/mol. The second-order valence-corrected chi connectivity index (χ2v) is 13.2. The van der Waals surface area contributed by atoms with Crippen LogP contribution in [0.25, 0.3) is 60.5 Å². The van der Waals surface area contributed by atoms with Gasteiger partial charge in [0.05, 0.1) is 6.54 Å². The SMILES string of the molecule is CC1C=Cc2c(oc3ccc(-c4ccc5ccc6ccccc6c5c4)c(C(N)=NC(=NCc4ccccc4)c4cccc5ccccc45)c23)C1. The van der Waals surface area contributed by atoms with Crippen LogP contribution in [0.4, 0.5) is 0 Å². The number of benzene rings is 7. The number of allylic oxidation sites excluding steroid dienone is 1. The molecule has 0 amide bonds. The van der Waals surface area contributed by atoms with Gasteiger partial charge in [-0.25, -0.2) is 4.99 Å². The van der Waals surface area contributed by atoms with E-state index in [4.69, 9.17) is 20.1 Å². The number of amidine groups is 2. The van der Waals surface area contributed by atoms with Gasteiger partial charge in [0.2, 0.25) is 0 Å². The minimum absolute atomic E-state index is 0.397. The van der Waals surface area contributed by atoms with Crippen molar-refractivity contribution in [1.29, 1.82) is 0 Å². The van der Waals surface area contributed by atoms with E-state index in [0.29, 0.717) is 24.1 Å². The Bertz CT molecular complexity index is 2670. The molecule has 0 bridgehead atoms. The quantitative estimate of drug-likeness (QED) is 0.115. The molecule has 1 aliphatic carbocycles. The van der Waals surface area contributed by atoms with Crippen LogP contribution in [0.1, 0.15) is 34.9 Å². The predicted molar refractivity (Wildman–Crippen MR) is 210 cm³/mol. The molecular weight excluding hydrogens is 611 g/mol. The van der Waals surface area contributed by atoms with Gasteiger partial charge in [-0.05, 0) is 73.1 Å². The molecule has 50 heavy (non-hydrogen) atoms. The maximum atomic E-state index is 7.28. The number of nitrogens with zero attached hydrogens (tertiary/aromatic N) is 2. The Morgan fingerprint density at radius 1 is 0.720 bits per heavy atom. The van der Waals surface area contributed by atoms with E-state index in [-0.39, 0.29) is 0 Å². The van der Waals surface area contributed by atoms with Gasteiger partial charge in [-0.3, -0.25) is 4.99 Å². The number of aliphatic imine (C=N–C) groups is 2. The smallest absolute Gasteiger partial charge is 0.157 e. The molecule has 1 heterocycles. The zero-order chi connectivity index (χ0) is 33.6. The Balaban J connectivity index is 1.30. The summed E-state index contributed by atoms with van der Waals surface area (Å²) in [4.78, 5) is 10.4. The van der Waals surface area contributed by atoms with Gasteiger partial charge < -0.3 is 10.2 Å². The summed E-state index contributed by atoms with van der Waals surface area (Å²) in [6.07, 6.45) is 5.29. The van der Waals surface area contributed by atoms with Crippen molar-refractivity contribution >= 4 is 61.0 Å². The summed E-state index contributed by atoms with van der Waals surface area (Å²) in [5.74, 6) is 2.38.